The number of halogens is 1. The van der Waals surface area contributed by atoms with Crippen LogP contribution in [-0.4, -0.2) is 43.0 Å². The van der Waals surface area contributed by atoms with Gasteiger partial charge < -0.3 is 15.0 Å². The molecule has 0 saturated carbocycles. The van der Waals surface area contributed by atoms with E-state index in [-0.39, 0.29) is 23.1 Å². The minimum absolute atomic E-state index is 0.0584. The van der Waals surface area contributed by atoms with Gasteiger partial charge in [-0.1, -0.05) is 23.8 Å². The second kappa shape index (κ2) is 7.95. The number of ether oxygens (including phenoxy) is 1. The first-order valence-electron chi connectivity index (χ1n) is 9.97. The van der Waals surface area contributed by atoms with E-state index < -0.39 is 5.82 Å². The summed E-state index contributed by atoms with van der Waals surface area (Å²) in [4.78, 5) is 28.0. The Morgan fingerprint density at radius 3 is 2.55 bits per heavy atom. The maximum absolute atomic E-state index is 13.5. The molecule has 0 aromatic heterocycles. The number of aryl methyl sites for hydroxylation is 1. The zero-order valence-electron chi connectivity index (χ0n) is 16.5. The van der Waals surface area contributed by atoms with Crippen LogP contribution in [0.25, 0.3) is 0 Å². The normalized spacial score (nSPS) is 20.6. The standard InChI is InChI=1S/C23H25FN2O3/c1-16-5-7-17(8-6-16)22(28)26-14-20(23(15-26)9-11-29-12-10-23)21(27)25-19-4-2-3-18(24)13-19/h2-8,13,20H,9-12,14-15H2,1H3,(H,25,27)/t20-/m1/s1. The van der Waals surface area contributed by atoms with Gasteiger partial charge in [0.1, 0.15) is 5.82 Å². The van der Waals surface area contributed by atoms with E-state index in [2.05, 4.69) is 5.32 Å². The lowest BCUT2D eigenvalue weighted by atomic mass is 9.71. The van der Waals surface area contributed by atoms with Crippen molar-refractivity contribution in [2.24, 2.45) is 11.3 Å². The van der Waals surface area contributed by atoms with Crippen molar-refractivity contribution >= 4 is 17.5 Å². The van der Waals surface area contributed by atoms with Crippen LogP contribution in [-0.2, 0) is 9.53 Å². The van der Waals surface area contributed by atoms with Crippen molar-refractivity contribution in [3.8, 4) is 0 Å². The summed E-state index contributed by atoms with van der Waals surface area (Å²) in [5.41, 5.74) is 1.84. The van der Waals surface area contributed by atoms with Crippen molar-refractivity contribution in [1.29, 1.82) is 0 Å². The predicted molar refractivity (Wildman–Crippen MR) is 108 cm³/mol. The van der Waals surface area contributed by atoms with Gasteiger partial charge in [0.2, 0.25) is 5.91 Å². The number of carbonyl (C=O) groups is 2. The fourth-order valence-electron chi connectivity index (χ4n) is 4.44. The number of nitrogens with zero attached hydrogens (tertiary/aromatic N) is 1. The summed E-state index contributed by atoms with van der Waals surface area (Å²) in [7, 11) is 0. The molecular weight excluding hydrogens is 371 g/mol. The van der Waals surface area contributed by atoms with Gasteiger partial charge in [-0.3, -0.25) is 9.59 Å². The second-order valence-electron chi connectivity index (χ2n) is 8.08. The molecule has 0 aliphatic carbocycles. The molecule has 1 atom stereocenters. The first-order valence-corrected chi connectivity index (χ1v) is 9.97. The molecule has 0 bridgehead atoms. The number of rotatable bonds is 3. The molecule has 2 aromatic rings. The van der Waals surface area contributed by atoms with Crippen molar-refractivity contribution in [2.75, 3.05) is 31.6 Å². The Hall–Kier alpha value is -2.73. The quantitative estimate of drug-likeness (QED) is 0.862. The Morgan fingerprint density at radius 1 is 1.14 bits per heavy atom. The molecule has 29 heavy (non-hydrogen) atoms. The van der Waals surface area contributed by atoms with Crippen molar-refractivity contribution in [2.45, 2.75) is 19.8 Å². The molecule has 4 rings (SSSR count). The van der Waals surface area contributed by atoms with Crippen molar-refractivity contribution in [1.82, 2.24) is 4.90 Å². The van der Waals surface area contributed by atoms with Crippen LogP contribution < -0.4 is 5.32 Å². The number of carbonyl (C=O) groups excluding carboxylic acids is 2. The molecule has 5 nitrogen and oxygen atoms in total. The van der Waals surface area contributed by atoms with E-state index in [1.165, 1.54) is 12.1 Å². The Morgan fingerprint density at radius 2 is 1.86 bits per heavy atom. The van der Waals surface area contributed by atoms with Gasteiger partial charge in [0.05, 0.1) is 5.92 Å². The Labute approximate surface area is 169 Å². The third kappa shape index (κ3) is 4.03. The lowest BCUT2D eigenvalue weighted by Crippen LogP contribution is -2.42. The minimum Gasteiger partial charge on any atom is -0.381 e. The molecule has 152 valence electrons. The summed E-state index contributed by atoms with van der Waals surface area (Å²) in [5.74, 6) is -0.983. The van der Waals surface area contributed by atoms with Crippen molar-refractivity contribution in [3.63, 3.8) is 0 Å². The van der Waals surface area contributed by atoms with Gasteiger partial charge in [-0.15, -0.1) is 0 Å². The molecule has 2 heterocycles. The molecule has 0 radical (unpaired) electrons. The number of amides is 2. The summed E-state index contributed by atoms with van der Waals surface area (Å²) >= 11 is 0. The molecule has 0 unspecified atom stereocenters. The van der Waals surface area contributed by atoms with Gasteiger partial charge in [0.25, 0.3) is 5.91 Å². The fraction of sp³-hybridized carbons (Fsp3) is 0.391. The summed E-state index contributed by atoms with van der Waals surface area (Å²) in [6, 6.07) is 13.4. The molecule has 2 aromatic carbocycles. The molecule has 2 saturated heterocycles. The largest absolute Gasteiger partial charge is 0.381 e. The summed E-state index contributed by atoms with van der Waals surface area (Å²) < 4.78 is 19.0. The van der Waals surface area contributed by atoms with Crippen LogP contribution in [0.4, 0.5) is 10.1 Å². The molecule has 1 spiro atoms. The lowest BCUT2D eigenvalue weighted by molar-refractivity contribution is -0.124. The zero-order chi connectivity index (χ0) is 20.4. The highest BCUT2D eigenvalue weighted by atomic mass is 19.1. The summed E-state index contributed by atoms with van der Waals surface area (Å²) in [6.07, 6.45) is 1.46. The molecule has 2 fully saturated rings. The smallest absolute Gasteiger partial charge is 0.253 e. The number of benzene rings is 2. The number of anilines is 1. The van der Waals surface area contributed by atoms with Crippen LogP contribution in [0.5, 0.6) is 0 Å². The number of hydrogen-bond acceptors (Lipinski definition) is 3. The third-order valence-electron chi connectivity index (χ3n) is 6.13. The van der Waals surface area contributed by atoms with Crippen LogP contribution in [0, 0.1) is 24.1 Å². The maximum Gasteiger partial charge on any atom is 0.253 e. The van der Waals surface area contributed by atoms with E-state index >= 15 is 0 Å². The Balaban J connectivity index is 1.56. The number of nitrogens with one attached hydrogen (secondary N) is 1. The van der Waals surface area contributed by atoms with Gasteiger partial charge in [0.15, 0.2) is 0 Å². The molecular formula is C23H25FN2O3. The SMILES string of the molecule is Cc1ccc(C(=O)N2C[C@H](C(=O)Nc3cccc(F)c3)C3(CCOCC3)C2)cc1. The first-order chi connectivity index (χ1) is 14.0. The third-order valence-corrected chi connectivity index (χ3v) is 6.13. The van der Waals surface area contributed by atoms with Crippen LogP contribution in [0.3, 0.4) is 0 Å². The zero-order valence-corrected chi connectivity index (χ0v) is 16.5. The summed E-state index contributed by atoms with van der Waals surface area (Å²) in [5, 5.41) is 2.85. The van der Waals surface area contributed by atoms with E-state index in [0.29, 0.717) is 37.6 Å². The van der Waals surface area contributed by atoms with Crippen LogP contribution in [0.2, 0.25) is 0 Å². The molecule has 2 amide bonds. The van der Waals surface area contributed by atoms with Crippen LogP contribution in [0.1, 0.15) is 28.8 Å². The van der Waals surface area contributed by atoms with Gasteiger partial charge in [-0.05, 0) is 50.1 Å². The highest BCUT2D eigenvalue weighted by molar-refractivity contribution is 5.97. The molecule has 2 aliphatic rings. The molecule has 2 aliphatic heterocycles. The van der Waals surface area contributed by atoms with Crippen molar-refractivity contribution < 1.29 is 18.7 Å². The topological polar surface area (TPSA) is 58.6 Å². The second-order valence-corrected chi connectivity index (χ2v) is 8.08. The maximum atomic E-state index is 13.5. The first kappa shape index (κ1) is 19.6. The molecule has 1 N–H and O–H groups in total. The minimum atomic E-state index is -0.397. The Bertz CT molecular complexity index is 907. The van der Waals surface area contributed by atoms with E-state index in [4.69, 9.17) is 4.74 Å². The predicted octanol–water partition coefficient (Wildman–Crippen LogP) is 3.64. The number of likely N-dealkylation sites (tertiary alicyclic amines) is 1. The average Bonchev–Trinajstić information content (AvgIpc) is 3.07. The average molecular weight is 396 g/mol. The van der Waals surface area contributed by atoms with Crippen molar-refractivity contribution in [3.05, 3.63) is 65.5 Å². The highest BCUT2D eigenvalue weighted by Crippen LogP contribution is 2.45. The number of hydrogen-bond donors (Lipinski definition) is 1. The highest BCUT2D eigenvalue weighted by Gasteiger charge is 2.51. The van der Waals surface area contributed by atoms with Gasteiger partial charge >= 0.3 is 0 Å². The fourth-order valence-corrected chi connectivity index (χ4v) is 4.44. The van der Waals surface area contributed by atoms with E-state index in [1.54, 1.807) is 17.0 Å². The van der Waals surface area contributed by atoms with Gasteiger partial charge in [-0.2, -0.15) is 0 Å². The lowest BCUT2D eigenvalue weighted by Gasteiger charge is -2.37. The summed E-state index contributed by atoms with van der Waals surface area (Å²) in [6.45, 7) is 4.03. The monoisotopic (exact) mass is 396 g/mol. The van der Waals surface area contributed by atoms with E-state index in [0.717, 1.165) is 18.4 Å². The van der Waals surface area contributed by atoms with E-state index in [9.17, 15) is 14.0 Å². The van der Waals surface area contributed by atoms with Crippen LogP contribution >= 0.6 is 0 Å². The van der Waals surface area contributed by atoms with Gasteiger partial charge in [-0.25, -0.2) is 4.39 Å². The molecule has 6 heteroatoms. The van der Waals surface area contributed by atoms with E-state index in [1.807, 2.05) is 31.2 Å². The Kier molecular flexibility index (Phi) is 5.37. The van der Waals surface area contributed by atoms with Crippen LogP contribution in [0.15, 0.2) is 48.5 Å². The van der Waals surface area contributed by atoms with Gasteiger partial charge in [0, 0.05) is 43.0 Å².